The molecule has 0 bridgehead atoms. The SMILES string of the molecule is COc1cccc(C(C)(N)C(C)C)c1F. The van der Waals surface area contributed by atoms with Gasteiger partial charge in [0.1, 0.15) is 0 Å². The van der Waals surface area contributed by atoms with E-state index in [-0.39, 0.29) is 17.5 Å². The summed E-state index contributed by atoms with van der Waals surface area (Å²) in [6.07, 6.45) is 0. The summed E-state index contributed by atoms with van der Waals surface area (Å²) in [6, 6.07) is 5.05. The Hall–Kier alpha value is -1.09. The van der Waals surface area contributed by atoms with Gasteiger partial charge in [0.2, 0.25) is 0 Å². The van der Waals surface area contributed by atoms with Crippen LogP contribution in [0.3, 0.4) is 0 Å². The van der Waals surface area contributed by atoms with Crippen LogP contribution in [0.15, 0.2) is 18.2 Å². The second-order valence-electron chi connectivity index (χ2n) is 4.26. The first kappa shape index (κ1) is 12.0. The summed E-state index contributed by atoms with van der Waals surface area (Å²) in [4.78, 5) is 0. The molecule has 0 fully saturated rings. The highest BCUT2D eigenvalue weighted by molar-refractivity contribution is 5.35. The van der Waals surface area contributed by atoms with Gasteiger partial charge >= 0.3 is 0 Å². The summed E-state index contributed by atoms with van der Waals surface area (Å²) in [6.45, 7) is 5.77. The van der Waals surface area contributed by atoms with E-state index in [1.807, 2.05) is 20.8 Å². The second-order valence-corrected chi connectivity index (χ2v) is 4.26. The summed E-state index contributed by atoms with van der Waals surface area (Å²) in [5, 5.41) is 0. The van der Waals surface area contributed by atoms with Crippen LogP contribution in [-0.2, 0) is 5.54 Å². The molecule has 0 heterocycles. The third kappa shape index (κ3) is 2.12. The zero-order valence-electron chi connectivity index (χ0n) is 9.67. The molecule has 0 aliphatic carbocycles. The molecule has 1 rings (SSSR count). The van der Waals surface area contributed by atoms with Crippen molar-refractivity contribution in [1.29, 1.82) is 0 Å². The largest absolute Gasteiger partial charge is 0.494 e. The molecule has 0 spiro atoms. The van der Waals surface area contributed by atoms with Gasteiger partial charge in [-0.2, -0.15) is 0 Å². The van der Waals surface area contributed by atoms with E-state index in [1.54, 1.807) is 18.2 Å². The molecule has 1 unspecified atom stereocenters. The zero-order chi connectivity index (χ0) is 11.6. The van der Waals surface area contributed by atoms with Crippen LogP contribution in [0.4, 0.5) is 4.39 Å². The molecular weight excluding hydrogens is 193 g/mol. The molecule has 0 radical (unpaired) electrons. The van der Waals surface area contributed by atoms with Gasteiger partial charge in [0, 0.05) is 11.1 Å². The minimum absolute atomic E-state index is 0.152. The van der Waals surface area contributed by atoms with E-state index in [0.29, 0.717) is 5.56 Å². The molecule has 0 saturated heterocycles. The van der Waals surface area contributed by atoms with Gasteiger partial charge in [0.25, 0.3) is 0 Å². The van der Waals surface area contributed by atoms with Crippen molar-refractivity contribution in [2.45, 2.75) is 26.3 Å². The van der Waals surface area contributed by atoms with Crippen LogP contribution in [0.2, 0.25) is 0 Å². The molecule has 3 heteroatoms. The second kappa shape index (κ2) is 4.19. The van der Waals surface area contributed by atoms with Gasteiger partial charge in [-0.1, -0.05) is 26.0 Å². The Morgan fingerprint density at radius 2 is 2.00 bits per heavy atom. The number of benzene rings is 1. The lowest BCUT2D eigenvalue weighted by Crippen LogP contribution is -2.39. The van der Waals surface area contributed by atoms with Gasteiger partial charge in [-0.05, 0) is 18.9 Å². The smallest absolute Gasteiger partial charge is 0.170 e. The maximum Gasteiger partial charge on any atom is 0.170 e. The number of hydrogen-bond acceptors (Lipinski definition) is 2. The lowest BCUT2D eigenvalue weighted by molar-refractivity contribution is 0.324. The minimum Gasteiger partial charge on any atom is -0.494 e. The quantitative estimate of drug-likeness (QED) is 0.834. The summed E-state index contributed by atoms with van der Waals surface area (Å²) in [7, 11) is 1.45. The van der Waals surface area contributed by atoms with E-state index < -0.39 is 5.54 Å². The molecule has 15 heavy (non-hydrogen) atoms. The van der Waals surface area contributed by atoms with Crippen molar-refractivity contribution >= 4 is 0 Å². The number of halogens is 1. The first-order valence-corrected chi connectivity index (χ1v) is 5.03. The third-order valence-corrected chi connectivity index (χ3v) is 2.96. The average molecular weight is 211 g/mol. The van der Waals surface area contributed by atoms with Crippen molar-refractivity contribution in [2.24, 2.45) is 11.7 Å². The fourth-order valence-corrected chi connectivity index (χ4v) is 1.40. The highest BCUT2D eigenvalue weighted by Crippen LogP contribution is 2.31. The van der Waals surface area contributed by atoms with Gasteiger partial charge in [-0.25, -0.2) is 4.39 Å². The summed E-state index contributed by atoms with van der Waals surface area (Å²) < 4.78 is 18.9. The van der Waals surface area contributed by atoms with Gasteiger partial charge in [0.05, 0.1) is 7.11 Å². The molecule has 2 nitrogen and oxygen atoms in total. The fraction of sp³-hybridized carbons (Fsp3) is 0.500. The minimum atomic E-state index is -0.682. The van der Waals surface area contributed by atoms with Gasteiger partial charge in [-0.3, -0.25) is 0 Å². The van der Waals surface area contributed by atoms with Crippen molar-refractivity contribution in [2.75, 3.05) is 7.11 Å². The number of rotatable bonds is 3. The van der Waals surface area contributed by atoms with Crippen molar-refractivity contribution in [3.05, 3.63) is 29.6 Å². The lowest BCUT2D eigenvalue weighted by atomic mass is 9.82. The van der Waals surface area contributed by atoms with Crippen LogP contribution in [0.1, 0.15) is 26.3 Å². The topological polar surface area (TPSA) is 35.2 Å². The fourth-order valence-electron chi connectivity index (χ4n) is 1.40. The molecule has 0 amide bonds. The normalized spacial score (nSPS) is 15.1. The van der Waals surface area contributed by atoms with Crippen molar-refractivity contribution in [1.82, 2.24) is 0 Å². The molecule has 0 aliphatic rings. The van der Waals surface area contributed by atoms with Crippen LogP contribution in [0, 0.1) is 11.7 Å². The molecule has 2 N–H and O–H groups in total. The lowest BCUT2D eigenvalue weighted by Gasteiger charge is -2.30. The van der Waals surface area contributed by atoms with E-state index in [9.17, 15) is 4.39 Å². The van der Waals surface area contributed by atoms with Crippen LogP contribution in [0.25, 0.3) is 0 Å². The summed E-state index contributed by atoms with van der Waals surface area (Å²) in [5.41, 5.74) is 5.92. The highest BCUT2D eigenvalue weighted by atomic mass is 19.1. The van der Waals surface area contributed by atoms with E-state index >= 15 is 0 Å². The summed E-state index contributed by atoms with van der Waals surface area (Å²) >= 11 is 0. The van der Waals surface area contributed by atoms with Crippen LogP contribution >= 0.6 is 0 Å². The van der Waals surface area contributed by atoms with Gasteiger partial charge in [0.15, 0.2) is 11.6 Å². The molecule has 0 aliphatic heterocycles. The molecule has 1 aromatic rings. The van der Waals surface area contributed by atoms with E-state index in [1.165, 1.54) is 7.11 Å². The van der Waals surface area contributed by atoms with E-state index in [2.05, 4.69) is 0 Å². The zero-order valence-corrected chi connectivity index (χ0v) is 9.67. The first-order valence-electron chi connectivity index (χ1n) is 5.03. The van der Waals surface area contributed by atoms with Crippen LogP contribution in [-0.4, -0.2) is 7.11 Å². The average Bonchev–Trinajstić information content (AvgIpc) is 2.17. The van der Waals surface area contributed by atoms with Crippen LogP contribution in [0.5, 0.6) is 5.75 Å². The van der Waals surface area contributed by atoms with Gasteiger partial charge in [-0.15, -0.1) is 0 Å². The van der Waals surface area contributed by atoms with Crippen molar-refractivity contribution in [3.8, 4) is 5.75 Å². The Morgan fingerprint density at radius 3 is 2.47 bits per heavy atom. The number of methoxy groups -OCH3 is 1. The summed E-state index contributed by atoms with van der Waals surface area (Å²) in [5.74, 6) is 0.0302. The maximum absolute atomic E-state index is 13.9. The van der Waals surface area contributed by atoms with Crippen LogP contribution < -0.4 is 10.5 Å². The highest BCUT2D eigenvalue weighted by Gasteiger charge is 2.29. The van der Waals surface area contributed by atoms with Crippen molar-refractivity contribution < 1.29 is 9.13 Å². The Morgan fingerprint density at radius 1 is 1.40 bits per heavy atom. The Balaban J connectivity index is 3.26. The number of ether oxygens (including phenoxy) is 1. The van der Waals surface area contributed by atoms with Gasteiger partial charge < -0.3 is 10.5 Å². The predicted molar refractivity (Wildman–Crippen MR) is 59.3 cm³/mol. The number of nitrogens with two attached hydrogens (primary N) is 1. The standard InChI is InChI=1S/C12H18FNO/c1-8(2)12(3,14)9-6-5-7-10(15-4)11(9)13/h5-8H,14H2,1-4H3. The van der Waals surface area contributed by atoms with E-state index in [0.717, 1.165) is 0 Å². The molecule has 1 atom stereocenters. The predicted octanol–water partition coefficient (Wildman–Crippen LogP) is 2.66. The molecule has 84 valence electrons. The molecule has 1 aromatic carbocycles. The first-order chi connectivity index (χ1) is 6.91. The monoisotopic (exact) mass is 211 g/mol. The Bertz CT molecular complexity index is 347. The molecular formula is C12H18FNO. The van der Waals surface area contributed by atoms with E-state index in [4.69, 9.17) is 10.5 Å². The molecule has 0 aromatic heterocycles. The maximum atomic E-state index is 13.9. The third-order valence-electron chi connectivity index (χ3n) is 2.96. The Kier molecular flexibility index (Phi) is 3.35. The Labute approximate surface area is 90.2 Å². The number of hydrogen-bond donors (Lipinski definition) is 1. The van der Waals surface area contributed by atoms with Crippen molar-refractivity contribution in [3.63, 3.8) is 0 Å². The molecule has 0 saturated carbocycles.